The fourth-order valence-corrected chi connectivity index (χ4v) is 2.59. The van der Waals surface area contributed by atoms with Crippen molar-refractivity contribution in [3.63, 3.8) is 0 Å². The lowest BCUT2D eigenvalue weighted by Crippen LogP contribution is -2.39. The molecule has 0 heterocycles. The standard InChI is InChI=1S/C21H27NO3/c1-17(2)22(13-18-9-5-3-6-10-18)14-20(23)15-25-16-21(24)19-11-7-4-8-12-19/h3-12,17,20,23H,13-16H2,1-2H3. The smallest absolute Gasteiger partial charge is 0.188 e. The Hall–Kier alpha value is -2.01. The predicted molar refractivity (Wildman–Crippen MR) is 99.6 cm³/mol. The second kappa shape index (κ2) is 10.1. The number of carbonyl (C=O) groups is 1. The average molecular weight is 341 g/mol. The summed E-state index contributed by atoms with van der Waals surface area (Å²) < 4.78 is 5.42. The van der Waals surface area contributed by atoms with Gasteiger partial charge in [-0.1, -0.05) is 60.7 Å². The third kappa shape index (κ3) is 6.78. The zero-order chi connectivity index (χ0) is 18.1. The first-order valence-electron chi connectivity index (χ1n) is 8.68. The summed E-state index contributed by atoms with van der Waals surface area (Å²) in [6, 6.07) is 19.5. The maximum atomic E-state index is 12.0. The Morgan fingerprint density at radius 1 is 1.04 bits per heavy atom. The minimum atomic E-state index is -0.630. The van der Waals surface area contributed by atoms with Crippen LogP contribution in [0.25, 0.3) is 0 Å². The van der Waals surface area contributed by atoms with Crippen LogP contribution in [0.15, 0.2) is 60.7 Å². The van der Waals surface area contributed by atoms with Crippen molar-refractivity contribution in [3.8, 4) is 0 Å². The first-order valence-corrected chi connectivity index (χ1v) is 8.68. The number of Topliss-reactive ketones (excluding diaryl/α,β-unsaturated/α-hetero) is 1. The molecule has 2 rings (SSSR count). The van der Waals surface area contributed by atoms with Crippen LogP contribution in [0.5, 0.6) is 0 Å². The number of hydrogen-bond donors (Lipinski definition) is 1. The Labute approximate surface area is 150 Å². The minimum Gasteiger partial charge on any atom is -0.389 e. The molecule has 0 bridgehead atoms. The highest BCUT2D eigenvalue weighted by Crippen LogP contribution is 2.09. The third-order valence-electron chi connectivity index (χ3n) is 4.04. The van der Waals surface area contributed by atoms with Gasteiger partial charge < -0.3 is 9.84 Å². The van der Waals surface area contributed by atoms with E-state index < -0.39 is 6.10 Å². The maximum Gasteiger partial charge on any atom is 0.188 e. The van der Waals surface area contributed by atoms with Crippen LogP contribution in [0.2, 0.25) is 0 Å². The molecular weight excluding hydrogens is 314 g/mol. The molecule has 0 aliphatic carbocycles. The average Bonchev–Trinajstić information content (AvgIpc) is 2.62. The van der Waals surface area contributed by atoms with Crippen molar-refractivity contribution >= 4 is 5.78 Å². The van der Waals surface area contributed by atoms with E-state index in [1.54, 1.807) is 12.1 Å². The summed E-state index contributed by atoms with van der Waals surface area (Å²) in [5.41, 5.74) is 1.84. The van der Waals surface area contributed by atoms with Crippen LogP contribution in [-0.2, 0) is 11.3 Å². The van der Waals surface area contributed by atoms with Crippen molar-refractivity contribution in [2.24, 2.45) is 0 Å². The van der Waals surface area contributed by atoms with Crippen LogP contribution in [0.4, 0.5) is 0 Å². The lowest BCUT2D eigenvalue weighted by molar-refractivity contribution is 0.0117. The molecule has 0 amide bonds. The molecule has 0 aliphatic rings. The predicted octanol–water partition coefficient (Wildman–Crippen LogP) is 3.16. The summed E-state index contributed by atoms with van der Waals surface area (Å²) in [5, 5.41) is 10.3. The number of hydrogen-bond acceptors (Lipinski definition) is 4. The molecule has 0 aromatic heterocycles. The Balaban J connectivity index is 1.77. The third-order valence-corrected chi connectivity index (χ3v) is 4.04. The van der Waals surface area contributed by atoms with Gasteiger partial charge in [0.2, 0.25) is 0 Å². The molecule has 134 valence electrons. The van der Waals surface area contributed by atoms with Gasteiger partial charge in [0.05, 0.1) is 12.7 Å². The molecule has 25 heavy (non-hydrogen) atoms. The molecule has 1 unspecified atom stereocenters. The molecule has 4 heteroatoms. The monoisotopic (exact) mass is 341 g/mol. The van der Waals surface area contributed by atoms with Crippen LogP contribution in [0, 0.1) is 0 Å². The zero-order valence-electron chi connectivity index (χ0n) is 15.0. The molecule has 2 aromatic rings. The van der Waals surface area contributed by atoms with Gasteiger partial charge in [-0.05, 0) is 19.4 Å². The van der Waals surface area contributed by atoms with E-state index in [4.69, 9.17) is 4.74 Å². The lowest BCUT2D eigenvalue weighted by atomic mass is 10.1. The Morgan fingerprint density at radius 3 is 2.24 bits per heavy atom. The number of rotatable bonds is 10. The first-order chi connectivity index (χ1) is 12.1. The van der Waals surface area contributed by atoms with Gasteiger partial charge in [-0.3, -0.25) is 9.69 Å². The van der Waals surface area contributed by atoms with E-state index >= 15 is 0 Å². The molecule has 4 nitrogen and oxygen atoms in total. The summed E-state index contributed by atoms with van der Waals surface area (Å²) in [6.07, 6.45) is -0.630. The SMILES string of the molecule is CC(C)N(Cc1ccccc1)CC(O)COCC(=O)c1ccccc1. The molecule has 0 fully saturated rings. The number of ketones is 1. The van der Waals surface area contributed by atoms with E-state index in [-0.39, 0.29) is 19.0 Å². The first kappa shape index (κ1) is 19.3. The van der Waals surface area contributed by atoms with Gasteiger partial charge in [0, 0.05) is 24.7 Å². The van der Waals surface area contributed by atoms with E-state index in [1.807, 2.05) is 36.4 Å². The van der Waals surface area contributed by atoms with Gasteiger partial charge in [-0.25, -0.2) is 0 Å². The van der Waals surface area contributed by atoms with Gasteiger partial charge >= 0.3 is 0 Å². The maximum absolute atomic E-state index is 12.0. The normalized spacial score (nSPS) is 12.5. The summed E-state index contributed by atoms with van der Waals surface area (Å²) >= 11 is 0. The number of carbonyl (C=O) groups excluding carboxylic acids is 1. The Kier molecular flexibility index (Phi) is 7.79. The van der Waals surface area contributed by atoms with Crippen molar-refractivity contribution in [1.82, 2.24) is 4.90 Å². The highest BCUT2D eigenvalue weighted by molar-refractivity contribution is 5.96. The van der Waals surface area contributed by atoms with Gasteiger partial charge in [-0.15, -0.1) is 0 Å². The molecule has 0 spiro atoms. The highest BCUT2D eigenvalue weighted by Gasteiger charge is 2.16. The van der Waals surface area contributed by atoms with E-state index in [9.17, 15) is 9.90 Å². The topological polar surface area (TPSA) is 49.8 Å². The number of benzene rings is 2. The molecule has 0 aliphatic heterocycles. The second-order valence-corrected chi connectivity index (χ2v) is 6.47. The van der Waals surface area contributed by atoms with Gasteiger partial charge in [0.1, 0.15) is 6.61 Å². The zero-order valence-corrected chi connectivity index (χ0v) is 15.0. The van der Waals surface area contributed by atoms with E-state index in [2.05, 4.69) is 30.9 Å². The molecule has 1 atom stereocenters. The van der Waals surface area contributed by atoms with Crippen LogP contribution in [-0.4, -0.2) is 47.7 Å². The van der Waals surface area contributed by atoms with E-state index in [1.165, 1.54) is 5.56 Å². The van der Waals surface area contributed by atoms with Crippen LogP contribution < -0.4 is 0 Å². The van der Waals surface area contributed by atoms with Gasteiger partial charge in [0.15, 0.2) is 5.78 Å². The molecule has 0 saturated heterocycles. The molecule has 1 N–H and O–H groups in total. The fraction of sp³-hybridized carbons (Fsp3) is 0.381. The minimum absolute atomic E-state index is 0.0125. The summed E-state index contributed by atoms with van der Waals surface area (Å²) in [7, 11) is 0. The van der Waals surface area contributed by atoms with Crippen LogP contribution in [0.3, 0.4) is 0 Å². The molecule has 2 aromatic carbocycles. The Bertz CT molecular complexity index is 628. The van der Waals surface area contributed by atoms with Crippen molar-refractivity contribution < 1.29 is 14.6 Å². The number of ether oxygens (including phenoxy) is 1. The fourth-order valence-electron chi connectivity index (χ4n) is 2.59. The number of aliphatic hydroxyl groups excluding tert-OH is 1. The lowest BCUT2D eigenvalue weighted by Gasteiger charge is -2.28. The molecule has 0 radical (unpaired) electrons. The van der Waals surface area contributed by atoms with Crippen LogP contribution >= 0.6 is 0 Å². The second-order valence-electron chi connectivity index (χ2n) is 6.47. The quantitative estimate of drug-likeness (QED) is 0.675. The summed E-state index contributed by atoms with van der Waals surface area (Å²) in [4.78, 5) is 14.2. The van der Waals surface area contributed by atoms with Crippen molar-refractivity contribution in [1.29, 1.82) is 0 Å². The van der Waals surface area contributed by atoms with E-state index in [0.29, 0.717) is 18.2 Å². The molecular formula is C21H27NO3. The van der Waals surface area contributed by atoms with Gasteiger partial charge in [-0.2, -0.15) is 0 Å². The Morgan fingerprint density at radius 2 is 1.64 bits per heavy atom. The van der Waals surface area contributed by atoms with Crippen molar-refractivity contribution in [3.05, 3.63) is 71.8 Å². The van der Waals surface area contributed by atoms with Crippen molar-refractivity contribution in [2.75, 3.05) is 19.8 Å². The number of nitrogens with zero attached hydrogens (tertiary/aromatic N) is 1. The number of aliphatic hydroxyl groups is 1. The largest absolute Gasteiger partial charge is 0.389 e. The molecule has 0 saturated carbocycles. The summed E-state index contributed by atoms with van der Waals surface area (Å²) in [6.45, 7) is 5.63. The van der Waals surface area contributed by atoms with Gasteiger partial charge in [0.25, 0.3) is 0 Å². The highest BCUT2D eigenvalue weighted by atomic mass is 16.5. The van der Waals surface area contributed by atoms with Crippen LogP contribution in [0.1, 0.15) is 29.8 Å². The van der Waals surface area contributed by atoms with E-state index in [0.717, 1.165) is 6.54 Å². The van der Waals surface area contributed by atoms with Crippen molar-refractivity contribution in [2.45, 2.75) is 32.5 Å². The summed E-state index contributed by atoms with van der Waals surface area (Å²) in [5.74, 6) is -0.0715.